The molecule has 1 aliphatic heterocycles. The molecule has 0 aromatic rings. The number of esters is 1. The Morgan fingerprint density at radius 1 is 1.57 bits per heavy atom. The number of carbonyl (C=O) groups is 1. The Morgan fingerprint density at radius 3 is 2.86 bits per heavy atom. The van der Waals surface area contributed by atoms with Crippen LogP contribution in [-0.2, 0) is 9.53 Å². The van der Waals surface area contributed by atoms with Gasteiger partial charge in [0.1, 0.15) is 0 Å². The van der Waals surface area contributed by atoms with E-state index in [4.69, 9.17) is 0 Å². The molecule has 1 fully saturated rings. The minimum atomic E-state index is -0.263. The highest BCUT2D eigenvalue weighted by Gasteiger charge is 2.24. The predicted molar refractivity (Wildman–Crippen MR) is 56.0 cm³/mol. The highest BCUT2D eigenvalue weighted by atomic mass is 16.5. The molecular formula is C11H19NO2. The highest BCUT2D eigenvalue weighted by Crippen LogP contribution is 2.20. The summed E-state index contributed by atoms with van der Waals surface area (Å²) in [5.41, 5.74) is 0. The minimum absolute atomic E-state index is 0.263. The number of ether oxygens (including phenoxy) is 1. The smallest absolute Gasteiger partial charge is 0.330 e. The fraction of sp³-hybridized carbons (Fsp3) is 0.727. The van der Waals surface area contributed by atoms with Crippen LogP contribution < -0.4 is 0 Å². The second kappa shape index (κ2) is 5.15. The highest BCUT2D eigenvalue weighted by molar-refractivity contribution is 5.81. The molecule has 0 spiro atoms. The number of methoxy groups -OCH3 is 1. The van der Waals surface area contributed by atoms with Gasteiger partial charge in [0.2, 0.25) is 0 Å². The van der Waals surface area contributed by atoms with Crippen molar-refractivity contribution in [1.29, 1.82) is 0 Å². The molecule has 0 unspecified atom stereocenters. The van der Waals surface area contributed by atoms with Gasteiger partial charge in [0.05, 0.1) is 7.11 Å². The molecule has 14 heavy (non-hydrogen) atoms. The minimum Gasteiger partial charge on any atom is -0.466 e. The molecule has 1 heterocycles. The number of hydrogen-bond acceptors (Lipinski definition) is 3. The van der Waals surface area contributed by atoms with Gasteiger partial charge in [-0.3, -0.25) is 4.90 Å². The van der Waals surface area contributed by atoms with Crippen LogP contribution in [-0.4, -0.2) is 36.6 Å². The number of carbonyl (C=O) groups excluding carboxylic acids is 1. The van der Waals surface area contributed by atoms with Crippen molar-refractivity contribution in [2.75, 3.05) is 13.7 Å². The topological polar surface area (TPSA) is 29.5 Å². The van der Waals surface area contributed by atoms with Crippen molar-refractivity contribution in [1.82, 2.24) is 4.90 Å². The molecule has 80 valence electrons. The Hall–Kier alpha value is -0.830. The summed E-state index contributed by atoms with van der Waals surface area (Å²) in [6, 6.07) is 0.957. The van der Waals surface area contributed by atoms with E-state index < -0.39 is 0 Å². The lowest BCUT2D eigenvalue weighted by Crippen LogP contribution is -2.34. The van der Waals surface area contributed by atoms with Crippen LogP contribution in [0.15, 0.2) is 12.2 Å². The summed E-state index contributed by atoms with van der Waals surface area (Å²) in [6.45, 7) is 5.50. The molecule has 0 saturated carbocycles. The zero-order valence-corrected chi connectivity index (χ0v) is 9.19. The SMILES string of the molecule is COC(=O)/C=C/[C@@H]1CCCN1C(C)C. The quantitative estimate of drug-likeness (QED) is 0.508. The van der Waals surface area contributed by atoms with E-state index in [0.29, 0.717) is 12.1 Å². The van der Waals surface area contributed by atoms with E-state index in [2.05, 4.69) is 23.5 Å². The van der Waals surface area contributed by atoms with E-state index in [0.717, 1.165) is 13.0 Å². The standard InChI is InChI=1S/C11H19NO2/c1-9(2)12-8-4-5-10(12)6-7-11(13)14-3/h6-7,9-10H,4-5,8H2,1-3H3/b7-6+/t10-/m0/s1. The van der Waals surface area contributed by atoms with Crippen molar-refractivity contribution in [3.63, 3.8) is 0 Å². The fourth-order valence-electron chi connectivity index (χ4n) is 1.92. The van der Waals surface area contributed by atoms with E-state index in [-0.39, 0.29) is 5.97 Å². The Bertz CT molecular complexity index is 223. The van der Waals surface area contributed by atoms with Crippen molar-refractivity contribution in [3.8, 4) is 0 Å². The van der Waals surface area contributed by atoms with Gasteiger partial charge in [-0.15, -0.1) is 0 Å². The zero-order valence-electron chi connectivity index (χ0n) is 9.19. The molecule has 1 saturated heterocycles. The molecular weight excluding hydrogens is 178 g/mol. The van der Waals surface area contributed by atoms with Gasteiger partial charge in [-0.05, 0) is 33.2 Å². The first-order valence-electron chi connectivity index (χ1n) is 5.17. The van der Waals surface area contributed by atoms with Crippen molar-refractivity contribution in [3.05, 3.63) is 12.2 Å². The third kappa shape index (κ3) is 2.84. The van der Waals surface area contributed by atoms with Crippen LogP contribution in [0.4, 0.5) is 0 Å². The van der Waals surface area contributed by atoms with E-state index in [9.17, 15) is 4.79 Å². The maximum Gasteiger partial charge on any atom is 0.330 e. The molecule has 0 aliphatic carbocycles. The van der Waals surface area contributed by atoms with Crippen LogP contribution in [0.5, 0.6) is 0 Å². The summed E-state index contributed by atoms with van der Waals surface area (Å²) in [5.74, 6) is -0.263. The largest absolute Gasteiger partial charge is 0.466 e. The van der Waals surface area contributed by atoms with Crippen LogP contribution >= 0.6 is 0 Å². The second-order valence-electron chi connectivity index (χ2n) is 3.92. The summed E-state index contributed by atoms with van der Waals surface area (Å²) in [5, 5.41) is 0. The van der Waals surface area contributed by atoms with Gasteiger partial charge >= 0.3 is 5.97 Å². The number of likely N-dealkylation sites (tertiary alicyclic amines) is 1. The first kappa shape index (κ1) is 11.2. The van der Waals surface area contributed by atoms with Crippen molar-refractivity contribution in [2.45, 2.75) is 38.8 Å². The molecule has 0 aromatic heterocycles. The van der Waals surface area contributed by atoms with E-state index in [1.54, 1.807) is 0 Å². The average Bonchev–Trinajstić information content (AvgIpc) is 2.62. The molecule has 0 radical (unpaired) electrons. The van der Waals surface area contributed by atoms with Crippen molar-refractivity contribution in [2.24, 2.45) is 0 Å². The zero-order chi connectivity index (χ0) is 10.6. The van der Waals surface area contributed by atoms with Gasteiger partial charge in [-0.2, -0.15) is 0 Å². The molecule has 1 rings (SSSR count). The Labute approximate surface area is 85.7 Å². The Kier molecular flexibility index (Phi) is 4.14. The molecule has 0 bridgehead atoms. The van der Waals surface area contributed by atoms with Gasteiger partial charge in [-0.25, -0.2) is 4.79 Å². The lowest BCUT2D eigenvalue weighted by atomic mass is 10.2. The van der Waals surface area contributed by atoms with Crippen LogP contribution in [0.2, 0.25) is 0 Å². The van der Waals surface area contributed by atoms with Gasteiger partial charge in [0.25, 0.3) is 0 Å². The van der Waals surface area contributed by atoms with Crippen LogP contribution in [0.1, 0.15) is 26.7 Å². The molecule has 0 amide bonds. The van der Waals surface area contributed by atoms with Gasteiger partial charge < -0.3 is 4.74 Å². The number of hydrogen-bond donors (Lipinski definition) is 0. The first-order chi connectivity index (χ1) is 6.65. The van der Waals surface area contributed by atoms with E-state index >= 15 is 0 Å². The summed E-state index contributed by atoms with van der Waals surface area (Å²) in [4.78, 5) is 13.3. The maximum absolute atomic E-state index is 10.9. The van der Waals surface area contributed by atoms with Crippen molar-refractivity contribution < 1.29 is 9.53 Å². The van der Waals surface area contributed by atoms with E-state index in [1.165, 1.54) is 19.6 Å². The monoisotopic (exact) mass is 197 g/mol. The van der Waals surface area contributed by atoms with Gasteiger partial charge in [-0.1, -0.05) is 6.08 Å². The number of rotatable bonds is 3. The Balaban J connectivity index is 2.51. The lowest BCUT2D eigenvalue weighted by molar-refractivity contribution is -0.134. The molecule has 3 heteroatoms. The molecule has 0 N–H and O–H groups in total. The third-order valence-electron chi connectivity index (χ3n) is 2.66. The third-order valence-corrected chi connectivity index (χ3v) is 2.66. The average molecular weight is 197 g/mol. The van der Waals surface area contributed by atoms with Crippen LogP contribution in [0.3, 0.4) is 0 Å². The summed E-state index contributed by atoms with van der Waals surface area (Å²) >= 11 is 0. The summed E-state index contributed by atoms with van der Waals surface area (Å²) < 4.78 is 4.56. The van der Waals surface area contributed by atoms with Gasteiger partial charge in [0.15, 0.2) is 0 Å². The normalized spacial score (nSPS) is 23.6. The first-order valence-corrected chi connectivity index (χ1v) is 5.17. The Morgan fingerprint density at radius 2 is 2.29 bits per heavy atom. The fourth-order valence-corrected chi connectivity index (χ4v) is 1.92. The lowest BCUT2D eigenvalue weighted by Gasteiger charge is -2.25. The molecule has 1 aliphatic rings. The predicted octanol–water partition coefficient (Wildman–Crippen LogP) is 1.59. The maximum atomic E-state index is 10.9. The second-order valence-corrected chi connectivity index (χ2v) is 3.92. The molecule has 0 aromatic carbocycles. The molecule has 3 nitrogen and oxygen atoms in total. The number of nitrogens with zero attached hydrogens (tertiary/aromatic N) is 1. The van der Waals surface area contributed by atoms with Crippen LogP contribution in [0.25, 0.3) is 0 Å². The van der Waals surface area contributed by atoms with Gasteiger partial charge in [0, 0.05) is 18.2 Å². The van der Waals surface area contributed by atoms with Crippen molar-refractivity contribution >= 4 is 5.97 Å². The summed E-state index contributed by atoms with van der Waals surface area (Å²) in [6.07, 6.45) is 5.85. The summed E-state index contributed by atoms with van der Waals surface area (Å²) in [7, 11) is 1.40. The van der Waals surface area contributed by atoms with E-state index in [1.807, 2.05) is 6.08 Å². The van der Waals surface area contributed by atoms with Crippen LogP contribution in [0, 0.1) is 0 Å². The molecule has 1 atom stereocenters.